The SMILES string of the molecule is CO[C@@H](C)COC(=O)c1cc2cc(NC(=O)[C@@H]3[C@H](C4CCCCC4)CCN3C(=O)[C@H]3CC[C@H]([C@H](N)CCF)CC3)ccc2o1. The van der Waals surface area contributed by atoms with Crippen molar-refractivity contribution < 1.29 is 32.7 Å². The van der Waals surface area contributed by atoms with Gasteiger partial charge in [0.05, 0.1) is 12.8 Å². The molecule has 1 aromatic heterocycles. The van der Waals surface area contributed by atoms with Gasteiger partial charge in [0.15, 0.2) is 0 Å². The van der Waals surface area contributed by atoms with E-state index in [1.54, 1.807) is 38.3 Å². The van der Waals surface area contributed by atoms with Gasteiger partial charge in [-0.1, -0.05) is 32.1 Å². The number of likely N-dealkylation sites (tertiary alicyclic amines) is 1. The molecule has 2 heterocycles. The van der Waals surface area contributed by atoms with E-state index in [-0.39, 0.29) is 54.1 Å². The number of nitrogens with zero attached hydrogens (tertiary/aromatic N) is 1. The highest BCUT2D eigenvalue weighted by Crippen LogP contribution is 2.41. The minimum Gasteiger partial charge on any atom is -0.457 e. The number of fused-ring (bicyclic) bond motifs is 1. The summed E-state index contributed by atoms with van der Waals surface area (Å²) in [6.07, 6.45) is 9.81. The average Bonchev–Trinajstić information content (AvgIpc) is 3.69. The molecule has 3 fully saturated rings. The van der Waals surface area contributed by atoms with Crippen LogP contribution in [0.15, 0.2) is 28.7 Å². The van der Waals surface area contributed by atoms with E-state index in [0.29, 0.717) is 35.5 Å². The minimum absolute atomic E-state index is 0.0669. The molecule has 2 saturated carbocycles. The molecule has 0 spiro atoms. The van der Waals surface area contributed by atoms with Crippen LogP contribution in [0.5, 0.6) is 0 Å². The van der Waals surface area contributed by atoms with Crippen molar-refractivity contribution in [3.63, 3.8) is 0 Å². The van der Waals surface area contributed by atoms with Crippen LogP contribution in [0.2, 0.25) is 0 Å². The van der Waals surface area contributed by atoms with Crippen molar-refractivity contribution in [1.82, 2.24) is 4.90 Å². The standard InChI is InChI=1S/C34H48FN3O6/c1-21(42-2)20-43-34(41)30-19-25-18-26(12-13-29(25)44-30)37-32(39)31-27(22-6-4-3-5-7-22)15-17-38(31)33(40)24-10-8-23(9-11-24)28(36)14-16-35/h12-13,18-19,21-24,27-28,31H,3-11,14-17,20,36H2,1-2H3,(H,37,39)/t21-,23-,24-,27-,28+,31-/m0/s1. The maximum Gasteiger partial charge on any atom is 0.374 e. The highest BCUT2D eigenvalue weighted by atomic mass is 19.1. The Labute approximate surface area is 259 Å². The maximum atomic E-state index is 14.0. The minimum atomic E-state index is -0.579. The largest absolute Gasteiger partial charge is 0.457 e. The fourth-order valence-corrected chi connectivity index (χ4v) is 7.62. The van der Waals surface area contributed by atoms with Crippen LogP contribution in [0.25, 0.3) is 11.0 Å². The van der Waals surface area contributed by atoms with Crippen molar-refractivity contribution in [3.05, 3.63) is 30.0 Å². The second-order valence-corrected chi connectivity index (χ2v) is 13.1. The number of ether oxygens (including phenoxy) is 2. The molecule has 1 aromatic carbocycles. The zero-order valence-electron chi connectivity index (χ0n) is 26.1. The average molecular weight is 614 g/mol. The lowest BCUT2D eigenvalue weighted by atomic mass is 9.76. The summed E-state index contributed by atoms with van der Waals surface area (Å²) in [6, 6.07) is 6.18. The Morgan fingerprint density at radius 2 is 1.82 bits per heavy atom. The molecule has 1 saturated heterocycles. The molecule has 44 heavy (non-hydrogen) atoms. The number of carbonyl (C=O) groups is 3. The molecule has 9 nitrogen and oxygen atoms in total. The second kappa shape index (κ2) is 14.9. The summed E-state index contributed by atoms with van der Waals surface area (Å²) in [5, 5.41) is 3.76. The van der Waals surface area contributed by atoms with E-state index >= 15 is 0 Å². The lowest BCUT2D eigenvalue weighted by Gasteiger charge is -2.37. The van der Waals surface area contributed by atoms with Crippen LogP contribution in [-0.2, 0) is 19.1 Å². The van der Waals surface area contributed by atoms with Crippen LogP contribution in [0.1, 0.15) is 88.1 Å². The smallest absolute Gasteiger partial charge is 0.374 e. The lowest BCUT2D eigenvalue weighted by Crippen LogP contribution is -2.50. The van der Waals surface area contributed by atoms with Crippen LogP contribution in [0.4, 0.5) is 10.1 Å². The van der Waals surface area contributed by atoms with Gasteiger partial charge in [-0.05, 0) is 87.5 Å². The van der Waals surface area contributed by atoms with Crippen molar-refractivity contribution in [3.8, 4) is 0 Å². The van der Waals surface area contributed by atoms with Crippen molar-refractivity contribution in [2.24, 2.45) is 29.4 Å². The number of methoxy groups -OCH3 is 1. The van der Waals surface area contributed by atoms with Gasteiger partial charge >= 0.3 is 5.97 Å². The number of nitrogens with one attached hydrogen (secondary N) is 1. The molecule has 0 bridgehead atoms. The fraction of sp³-hybridized carbons (Fsp3) is 0.676. The number of rotatable bonds is 11. The first kappa shape index (κ1) is 32.4. The molecule has 5 rings (SSSR count). The summed E-state index contributed by atoms with van der Waals surface area (Å²) < 4.78 is 28.9. The Kier molecular flexibility index (Phi) is 11.0. The van der Waals surface area contributed by atoms with Crippen molar-refractivity contribution in [2.75, 3.05) is 32.3 Å². The van der Waals surface area contributed by atoms with E-state index < -0.39 is 18.7 Å². The van der Waals surface area contributed by atoms with E-state index in [2.05, 4.69) is 5.32 Å². The first-order chi connectivity index (χ1) is 21.3. The third-order valence-electron chi connectivity index (χ3n) is 10.3. The Hall–Kier alpha value is -2.98. The number of hydrogen-bond donors (Lipinski definition) is 2. The summed E-state index contributed by atoms with van der Waals surface area (Å²) in [6.45, 7) is 2.09. The van der Waals surface area contributed by atoms with Gasteiger partial charge in [0.1, 0.15) is 18.2 Å². The zero-order chi connectivity index (χ0) is 31.2. The monoisotopic (exact) mass is 613 g/mol. The molecule has 4 atom stereocenters. The number of halogens is 1. The summed E-state index contributed by atoms with van der Waals surface area (Å²) in [5.74, 6) is 0.0765. The number of amides is 2. The molecular formula is C34H48FN3O6. The van der Waals surface area contributed by atoms with Gasteiger partial charge in [-0.15, -0.1) is 0 Å². The van der Waals surface area contributed by atoms with Crippen LogP contribution in [0, 0.1) is 23.7 Å². The Bertz CT molecular complexity index is 1290. The summed E-state index contributed by atoms with van der Waals surface area (Å²) in [4.78, 5) is 42.3. The molecule has 2 aliphatic carbocycles. The molecule has 2 aromatic rings. The number of hydrogen-bond acceptors (Lipinski definition) is 7. The number of nitrogens with two attached hydrogens (primary N) is 1. The van der Waals surface area contributed by atoms with Gasteiger partial charge < -0.3 is 29.8 Å². The Morgan fingerprint density at radius 3 is 2.52 bits per heavy atom. The van der Waals surface area contributed by atoms with E-state index in [0.717, 1.165) is 44.9 Å². The molecule has 0 unspecified atom stereocenters. The molecule has 10 heteroatoms. The summed E-state index contributed by atoms with van der Waals surface area (Å²) in [5.41, 5.74) is 7.29. The van der Waals surface area contributed by atoms with Gasteiger partial charge in [0, 0.05) is 36.7 Å². The number of alkyl halides is 1. The zero-order valence-corrected chi connectivity index (χ0v) is 26.1. The number of furan rings is 1. The fourth-order valence-electron chi connectivity index (χ4n) is 7.62. The van der Waals surface area contributed by atoms with E-state index in [4.69, 9.17) is 19.6 Å². The normalized spacial score (nSPS) is 26.0. The molecular weight excluding hydrogens is 565 g/mol. The maximum absolute atomic E-state index is 14.0. The topological polar surface area (TPSA) is 124 Å². The van der Waals surface area contributed by atoms with Gasteiger partial charge in [0.25, 0.3) is 0 Å². The molecule has 3 N–H and O–H groups in total. The number of carbonyl (C=O) groups excluding carboxylic acids is 3. The Morgan fingerprint density at radius 1 is 1.07 bits per heavy atom. The van der Waals surface area contributed by atoms with Gasteiger partial charge in [0.2, 0.25) is 17.6 Å². The van der Waals surface area contributed by atoms with Gasteiger partial charge in [-0.2, -0.15) is 0 Å². The van der Waals surface area contributed by atoms with Crippen molar-refractivity contribution in [1.29, 1.82) is 0 Å². The highest BCUT2D eigenvalue weighted by molar-refractivity contribution is 6.00. The van der Waals surface area contributed by atoms with Crippen molar-refractivity contribution >= 4 is 34.4 Å². The molecule has 0 radical (unpaired) electrons. The second-order valence-electron chi connectivity index (χ2n) is 13.1. The van der Waals surface area contributed by atoms with E-state index in [1.165, 1.54) is 19.3 Å². The quantitative estimate of drug-likeness (QED) is 0.305. The molecule has 2 amide bonds. The number of esters is 1. The third kappa shape index (κ3) is 7.45. The van der Waals surface area contributed by atoms with Gasteiger partial charge in [-0.25, -0.2) is 4.79 Å². The number of benzene rings is 1. The highest BCUT2D eigenvalue weighted by Gasteiger charge is 2.47. The lowest BCUT2D eigenvalue weighted by molar-refractivity contribution is -0.142. The third-order valence-corrected chi connectivity index (χ3v) is 10.3. The predicted octanol–water partition coefficient (Wildman–Crippen LogP) is 5.85. The van der Waals surface area contributed by atoms with E-state index in [9.17, 15) is 18.8 Å². The molecule has 242 valence electrons. The molecule has 3 aliphatic rings. The van der Waals surface area contributed by atoms with Crippen LogP contribution < -0.4 is 11.1 Å². The first-order valence-electron chi connectivity index (χ1n) is 16.5. The van der Waals surface area contributed by atoms with Crippen LogP contribution >= 0.6 is 0 Å². The summed E-state index contributed by atoms with van der Waals surface area (Å²) >= 11 is 0. The number of anilines is 1. The Balaban J connectivity index is 1.29. The van der Waals surface area contributed by atoms with Crippen molar-refractivity contribution in [2.45, 2.75) is 95.7 Å². The molecule has 1 aliphatic heterocycles. The van der Waals surface area contributed by atoms with E-state index in [1.807, 2.05) is 4.90 Å². The summed E-state index contributed by atoms with van der Waals surface area (Å²) in [7, 11) is 1.55. The first-order valence-corrected chi connectivity index (χ1v) is 16.5. The van der Waals surface area contributed by atoms with Gasteiger partial charge in [-0.3, -0.25) is 14.0 Å². The van der Waals surface area contributed by atoms with Crippen LogP contribution in [0.3, 0.4) is 0 Å². The predicted molar refractivity (Wildman–Crippen MR) is 166 cm³/mol. The van der Waals surface area contributed by atoms with Crippen LogP contribution in [-0.4, -0.2) is 67.8 Å².